The lowest BCUT2D eigenvalue weighted by atomic mass is 9.74. The van der Waals surface area contributed by atoms with E-state index in [0.717, 1.165) is 56.1 Å². The van der Waals surface area contributed by atoms with E-state index in [1.807, 2.05) is 36.4 Å². The predicted octanol–water partition coefficient (Wildman–Crippen LogP) is 13.6. The van der Waals surface area contributed by atoms with Gasteiger partial charge in [0.1, 0.15) is 0 Å². The highest BCUT2D eigenvalue weighted by Gasteiger charge is 2.31. The minimum Gasteiger partial charge on any atom is -0.396 e. The highest BCUT2D eigenvalue weighted by atomic mass is 16.3. The molecule has 12 unspecified atom stereocenters. The van der Waals surface area contributed by atoms with E-state index >= 15 is 0 Å². The Hall–Kier alpha value is -4.92. The van der Waals surface area contributed by atoms with Gasteiger partial charge < -0.3 is 30.6 Å². The Morgan fingerprint density at radius 1 is 0.278 bits per heavy atom. The number of aliphatic hydroxyl groups is 6. The van der Waals surface area contributed by atoms with Gasteiger partial charge >= 0.3 is 0 Å². The number of rotatable bonds is 33. The fourth-order valence-corrected chi connectivity index (χ4v) is 11.9. The van der Waals surface area contributed by atoms with Crippen molar-refractivity contribution in [2.75, 3.05) is 26.4 Å². The topological polar surface area (TPSA) is 121 Å². The summed E-state index contributed by atoms with van der Waals surface area (Å²) in [7, 11) is 0. The molecule has 0 saturated heterocycles. The van der Waals surface area contributed by atoms with Crippen LogP contribution >= 0.6 is 0 Å². The van der Waals surface area contributed by atoms with Gasteiger partial charge in [-0.05, 0) is 170 Å². The van der Waals surface area contributed by atoms with Crippen molar-refractivity contribution >= 4 is 0 Å². The maximum Gasteiger partial charge on any atom is 0.0552 e. The molecule has 6 N–H and O–H groups in total. The molecule has 0 aliphatic carbocycles. The van der Waals surface area contributed by atoms with E-state index in [0.29, 0.717) is 32.1 Å². The van der Waals surface area contributed by atoms with Crippen LogP contribution in [0.15, 0.2) is 182 Å². The molecule has 6 aromatic carbocycles. The number of hydrogen-bond donors (Lipinski definition) is 6. The van der Waals surface area contributed by atoms with Crippen LogP contribution in [0.25, 0.3) is 0 Å². The largest absolute Gasteiger partial charge is 0.396 e. The summed E-state index contributed by atoms with van der Waals surface area (Å²) >= 11 is 0. The second-order valence-electron chi connectivity index (χ2n) is 21.4. The molecule has 6 nitrogen and oxygen atoms in total. The Bertz CT molecular complexity index is 2280. The summed E-state index contributed by atoms with van der Waals surface area (Å²) in [6.45, 7) is 4.48. The number of aliphatic hydroxyl groups excluding tert-OH is 6. The molecule has 0 aliphatic heterocycles. The van der Waals surface area contributed by atoms with Gasteiger partial charge in [-0.1, -0.05) is 196 Å². The van der Waals surface area contributed by atoms with Crippen LogP contribution in [-0.2, 0) is 0 Å². The number of benzene rings is 6. The van der Waals surface area contributed by atoms with Crippen molar-refractivity contribution in [3.63, 3.8) is 0 Å². The first-order valence-electron chi connectivity index (χ1n) is 27.3. The minimum atomic E-state index is -0.632. The zero-order chi connectivity index (χ0) is 50.9. The fraction of sp³-hybridized carbons (Fsp3) is 0.455. The molecule has 0 saturated carbocycles. The van der Waals surface area contributed by atoms with Crippen LogP contribution in [0.3, 0.4) is 0 Å². The third kappa shape index (κ3) is 18.2. The van der Waals surface area contributed by atoms with E-state index in [9.17, 15) is 30.6 Å². The third-order valence-corrected chi connectivity index (χ3v) is 15.8. The third-order valence-electron chi connectivity index (χ3n) is 15.8. The lowest BCUT2D eigenvalue weighted by Crippen LogP contribution is -2.23. The van der Waals surface area contributed by atoms with Gasteiger partial charge in [-0.2, -0.15) is 0 Å². The van der Waals surface area contributed by atoms with Crippen LogP contribution in [0.1, 0.15) is 160 Å². The van der Waals surface area contributed by atoms with Gasteiger partial charge in [0.2, 0.25) is 0 Å². The second kappa shape index (κ2) is 31.0. The van der Waals surface area contributed by atoms with Crippen molar-refractivity contribution in [1.29, 1.82) is 0 Å². The van der Waals surface area contributed by atoms with Crippen LogP contribution in [0, 0.1) is 23.7 Å². The van der Waals surface area contributed by atoms with Gasteiger partial charge in [-0.3, -0.25) is 0 Å². The molecule has 6 aromatic rings. The van der Waals surface area contributed by atoms with Crippen LogP contribution in [0.4, 0.5) is 0 Å². The van der Waals surface area contributed by atoms with Gasteiger partial charge in [0.15, 0.2) is 0 Å². The normalized spacial score (nSPS) is 16.8. The van der Waals surface area contributed by atoms with E-state index in [2.05, 4.69) is 159 Å². The van der Waals surface area contributed by atoms with Crippen molar-refractivity contribution in [1.82, 2.24) is 0 Å². The van der Waals surface area contributed by atoms with E-state index in [4.69, 9.17) is 0 Å². The van der Waals surface area contributed by atoms with Crippen LogP contribution in [0.2, 0.25) is 0 Å². The monoisotopic (exact) mass is 975 g/mol. The maximum atomic E-state index is 12.3. The van der Waals surface area contributed by atoms with Crippen LogP contribution in [0.5, 0.6) is 0 Å². The molecule has 72 heavy (non-hydrogen) atoms. The van der Waals surface area contributed by atoms with Gasteiger partial charge in [-0.15, -0.1) is 0 Å². The SMILES string of the molecule is CCC(CC(O)CC(CC(CO)CC(CC(CO)CC(CC(O)CC(CC(CO)CC(CC(C)CO)c1ccccc1)c1ccccc1)c1ccccc1)c1ccccc1)c1ccccc1)c1ccccc1. The summed E-state index contributed by atoms with van der Waals surface area (Å²) in [5.41, 5.74) is 7.17. The second-order valence-corrected chi connectivity index (χ2v) is 21.4. The highest BCUT2D eigenvalue weighted by Crippen LogP contribution is 2.42. The Labute approximate surface area is 432 Å². The first-order chi connectivity index (χ1) is 35.2. The fourth-order valence-electron chi connectivity index (χ4n) is 11.9. The summed E-state index contributed by atoms with van der Waals surface area (Å²) in [6.07, 6.45) is 7.46. The van der Waals surface area contributed by atoms with Crippen LogP contribution in [-0.4, -0.2) is 69.3 Å². The number of hydrogen-bond acceptors (Lipinski definition) is 6. The summed E-state index contributed by atoms with van der Waals surface area (Å²) in [6, 6.07) is 62.9. The summed E-state index contributed by atoms with van der Waals surface area (Å²) in [5, 5.41) is 67.4. The van der Waals surface area contributed by atoms with E-state index < -0.39 is 12.2 Å². The standard InChI is InChI=1S/C66H86O6/c1-3-53(54-22-10-4-11-23-54)41-65(71)42-62(57-28-16-7-17-29-57)39-51(47-69)36-61(56-26-14-6-15-27-56)37-52(48-70)40-64(59-32-20-9-21-33-59)44-66(72)43-63(58-30-18-8-19-31-58)38-50(46-68)35-60(34-49(2)45-67)55-24-12-5-13-25-55/h4-33,49-53,60-72H,3,34-48H2,1-2H3. The molecule has 0 aromatic heterocycles. The zero-order valence-corrected chi connectivity index (χ0v) is 43.2. The molecule has 0 bridgehead atoms. The van der Waals surface area contributed by atoms with Crippen molar-refractivity contribution < 1.29 is 30.6 Å². The molecule has 0 heterocycles. The Morgan fingerprint density at radius 2 is 0.486 bits per heavy atom. The lowest BCUT2D eigenvalue weighted by Gasteiger charge is -2.32. The molecule has 0 spiro atoms. The average Bonchev–Trinajstić information content (AvgIpc) is 3.43. The minimum absolute atomic E-state index is 0.000885. The molecule has 6 heteroatoms. The van der Waals surface area contributed by atoms with Crippen molar-refractivity contribution in [2.45, 2.75) is 139 Å². The predicted molar refractivity (Wildman–Crippen MR) is 296 cm³/mol. The Kier molecular flexibility index (Phi) is 24.2. The first-order valence-corrected chi connectivity index (χ1v) is 27.3. The van der Waals surface area contributed by atoms with Crippen molar-refractivity contribution in [3.05, 3.63) is 215 Å². The Morgan fingerprint density at radius 3 is 0.708 bits per heavy atom. The molecule has 0 radical (unpaired) electrons. The molecule has 6 rings (SSSR count). The molecular formula is C66H86O6. The highest BCUT2D eigenvalue weighted by molar-refractivity contribution is 5.26. The summed E-state index contributed by atoms with van der Waals surface area (Å²) in [5.74, 6) is 0.644. The van der Waals surface area contributed by atoms with Gasteiger partial charge in [-0.25, -0.2) is 0 Å². The smallest absolute Gasteiger partial charge is 0.0552 e. The van der Waals surface area contributed by atoms with Gasteiger partial charge in [0, 0.05) is 26.4 Å². The van der Waals surface area contributed by atoms with E-state index in [1.54, 1.807) is 0 Å². The van der Waals surface area contributed by atoms with E-state index in [-0.39, 0.29) is 85.6 Å². The molecule has 386 valence electrons. The Balaban J connectivity index is 1.18. The average molecular weight is 975 g/mol. The van der Waals surface area contributed by atoms with Crippen molar-refractivity contribution in [3.8, 4) is 0 Å². The summed E-state index contributed by atoms with van der Waals surface area (Å²) < 4.78 is 0. The van der Waals surface area contributed by atoms with Crippen molar-refractivity contribution in [2.24, 2.45) is 23.7 Å². The molecule has 0 fully saturated rings. The molecular weight excluding hydrogens is 889 g/mol. The molecule has 0 amide bonds. The molecule has 12 atom stereocenters. The van der Waals surface area contributed by atoms with Gasteiger partial charge in [0.05, 0.1) is 12.2 Å². The molecule has 0 aliphatic rings. The quantitative estimate of drug-likeness (QED) is 0.0244. The van der Waals surface area contributed by atoms with Gasteiger partial charge in [0.25, 0.3) is 0 Å². The van der Waals surface area contributed by atoms with E-state index in [1.165, 1.54) is 22.3 Å². The lowest BCUT2D eigenvalue weighted by molar-refractivity contribution is 0.113. The maximum absolute atomic E-state index is 12.3. The summed E-state index contributed by atoms with van der Waals surface area (Å²) in [4.78, 5) is 0. The zero-order valence-electron chi connectivity index (χ0n) is 43.2. The van der Waals surface area contributed by atoms with Crippen LogP contribution < -0.4 is 0 Å². The first kappa shape index (κ1) is 56.4.